The predicted octanol–water partition coefficient (Wildman–Crippen LogP) is 1.16. The van der Waals surface area contributed by atoms with Crippen LogP contribution in [0, 0.1) is 0 Å². The van der Waals surface area contributed by atoms with Gasteiger partial charge in [0.05, 0.1) is 6.61 Å². The maximum Gasteiger partial charge on any atom is 0.248 e. The minimum absolute atomic E-state index is 0.0177. The van der Waals surface area contributed by atoms with Crippen LogP contribution in [-0.4, -0.2) is 68.1 Å². The molecule has 0 aliphatic carbocycles. The quantitative estimate of drug-likeness (QED) is 0.708. The van der Waals surface area contributed by atoms with Gasteiger partial charge in [-0.15, -0.1) is 0 Å². The molecule has 0 saturated carbocycles. The van der Waals surface area contributed by atoms with E-state index in [4.69, 9.17) is 9.47 Å². The lowest BCUT2D eigenvalue weighted by Gasteiger charge is -2.34. The van der Waals surface area contributed by atoms with Crippen molar-refractivity contribution in [2.45, 2.75) is 12.8 Å². The minimum Gasteiger partial charge on any atom is -0.494 e. The molecule has 0 bridgehead atoms. The first-order valence-corrected chi connectivity index (χ1v) is 7.93. The molecule has 1 aliphatic heterocycles. The van der Waals surface area contributed by atoms with Gasteiger partial charge < -0.3 is 19.3 Å². The van der Waals surface area contributed by atoms with Crippen molar-refractivity contribution in [1.82, 2.24) is 9.80 Å². The van der Waals surface area contributed by atoms with E-state index in [1.807, 2.05) is 35.2 Å². The summed E-state index contributed by atoms with van der Waals surface area (Å²) in [6.45, 7) is 2.97. The van der Waals surface area contributed by atoms with Crippen LogP contribution in [0.2, 0.25) is 0 Å². The Hall–Kier alpha value is -2.08. The van der Waals surface area contributed by atoms with Gasteiger partial charge in [-0.3, -0.25) is 9.59 Å². The summed E-state index contributed by atoms with van der Waals surface area (Å²) in [5.74, 6) is 0.932. The number of amides is 2. The van der Waals surface area contributed by atoms with Gasteiger partial charge in [-0.2, -0.15) is 0 Å². The van der Waals surface area contributed by atoms with E-state index in [9.17, 15) is 9.59 Å². The SMILES string of the molecule is COCC(=O)N1CCN(C(=O)CCCOc2ccccc2)CC1. The summed E-state index contributed by atoms with van der Waals surface area (Å²) in [7, 11) is 1.51. The van der Waals surface area contributed by atoms with Crippen molar-refractivity contribution in [1.29, 1.82) is 0 Å². The van der Waals surface area contributed by atoms with E-state index >= 15 is 0 Å². The molecule has 0 spiro atoms. The van der Waals surface area contributed by atoms with Crippen LogP contribution in [-0.2, 0) is 14.3 Å². The van der Waals surface area contributed by atoms with Gasteiger partial charge in [-0.1, -0.05) is 18.2 Å². The molecule has 0 unspecified atom stereocenters. The number of piperazine rings is 1. The third-order valence-corrected chi connectivity index (χ3v) is 3.80. The number of ether oxygens (including phenoxy) is 2. The molecule has 6 nitrogen and oxygen atoms in total. The van der Waals surface area contributed by atoms with Gasteiger partial charge in [-0.05, 0) is 18.6 Å². The first-order chi connectivity index (χ1) is 11.2. The lowest BCUT2D eigenvalue weighted by Crippen LogP contribution is -2.51. The summed E-state index contributed by atoms with van der Waals surface area (Å²) in [5, 5.41) is 0. The van der Waals surface area contributed by atoms with Crippen LogP contribution in [0.3, 0.4) is 0 Å². The van der Waals surface area contributed by atoms with E-state index in [1.54, 1.807) is 4.90 Å². The van der Waals surface area contributed by atoms with E-state index < -0.39 is 0 Å². The maximum absolute atomic E-state index is 12.2. The highest BCUT2D eigenvalue weighted by Gasteiger charge is 2.23. The summed E-state index contributed by atoms with van der Waals surface area (Å²) >= 11 is 0. The third-order valence-electron chi connectivity index (χ3n) is 3.80. The highest BCUT2D eigenvalue weighted by Crippen LogP contribution is 2.10. The Balaban J connectivity index is 1.62. The molecule has 1 aromatic rings. The van der Waals surface area contributed by atoms with E-state index in [0.717, 1.165) is 5.75 Å². The van der Waals surface area contributed by atoms with Crippen molar-refractivity contribution < 1.29 is 19.1 Å². The van der Waals surface area contributed by atoms with E-state index in [-0.39, 0.29) is 18.4 Å². The van der Waals surface area contributed by atoms with Gasteiger partial charge in [0.25, 0.3) is 0 Å². The van der Waals surface area contributed by atoms with Crippen molar-refractivity contribution in [2.75, 3.05) is 46.5 Å². The van der Waals surface area contributed by atoms with Crippen LogP contribution in [0.4, 0.5) is 0 Å². The molecule has 6 heteroatoms. The number of carbonyl (C=O) groups excluding carboxylic acids is 2. The van der Waals surface area contributed by atoms with Gasteiger partial charge in [0.15, 0.2) is 0 Å². The Bertz CT molecular complexity index is 499. The summed E-state index contributed by atoms with van der Waals surface area (Å²) < 4.78 is 10.4. The molecular formula is C17H24N2O4. The molecule has 1 saturated heterocycles. The second-order valence-corrected chi connectivity index (χ2v) is 5.46. The van der Waals surface area contributed by atoms with Gasteiger partial charge in [0.1, 0.15) is 12.4 Å². The van der Waals surface area contributed by atoms with Gasteiger partial charge in [0.2, 0.25) is 11.8 Å². The Labute approximate surface area is 137 Å². The van der Waals surface area contributed by atoms with E-state index in [1.165, 1.54) is 7.11 Å². The Morgan fingerprint density at radius 3 is 2.22 bits per heavy atom. The fraction of sp³-hybridized carbons (Fsp3) is 0.529. The summed E-state index contributed by atoms with van der Waals surface area (Å²) in [6.07, 6.45) is 1.16. The Morgan fingerprint density at radius 2 is 1.61 bits per heavy atom. The zero-order valence-electron chi connectivity index (χ0n) is 13.6. The van der Waals surface area contributed by atoms with Crippen molar-refractivity contribution in [3.8, 4) is 5.75 Å². The normalized spacial score (nSPS) is 14.7. The number of rotatable bonds is 7. The zero-order valence-corrected chi connectivity index (χ0v) is 13.6. The number of methoxy groups -OCH3 is 1. The zero-order chi connectivity index (χ0) is 16.5. The molecule has 1 heterocycles. The number of para-hydroxylation sites is 1. The smallest absolute Gasteiger partial charge is 0.248 e. The van der Waals surface area contributed by atoms with E-state index in [2.05, 4.69) is 0 Å². The lowest BCUT2D eigenvalue weighted by atomic mass is 10.2. The van der Waals surface area contributed by atoms with Crippen LogP contribution in [0.1, 0.15) is 12.8 Å². The molecule has 0 N–H and O–H groups in total. The van der Waals surface area contributed by atoms with Crippen LogP contribution in [0.15, 0.2) is 30.3 Å². The largest absolute Gasteiger partial charge is 0.494 e. The fourth-order valence-electron chi connectivity index (χ4n) is 2.51. The van der Waals surface area contributed by atoms with Gasteiger partial charge in [0, 0.05) is 39.7 Å². The molecule has 1 aromatic carbocycles. The monoisotopic (exact) mass is 320 g/mol. The number of hydrogen-bond acceptors (Lipinski definition) is 4. The Morgan fingerprint density at radius 1 is 1.00 bits per heavy atom. The summed E-state index contributed by atoms with van der Waals surface area (Å²) in [5.41, 5.74) is 0. The number of hydrogen-bond donors (Lipinski definition) is 0. The molecule has 0 radical (unpaired) electrons. The highest BCUT2D eigenvalue weighted by molar-refractivity contribution is 5.79. The number of nitrogens with zero attached hydrogens (tertiary/aromatic N) is 2. The number of benzene rings is 1. The molecule has 0 atom stereocenters. The second kappa shape index (κ2) is 9.15. The first-order valence-electron chi connectivity index (χ1n) is 7.93. The molecular weight excluding hydrogens is 296 g/mol. The second-order valence-electron chi connectivity index (χ2n) is 5.46. The van der Waals surface area contributed by atoms with Gasteiger partial charge >= 0.3 is 0 Å². The molecule has 1 fully saturated rings. The van der Waals surface area contributed by atoms with Crippen molar-refractivity contribution in [3.05, 3.63) is 30.3 Å². The standard InChI is InChI=1S/C17H24N2O4/c1-22-14-17(21)19-11-9-18(10-12-19)16(20)8-5-13-23-15-6-3-2-4-7-15/h2-4,6-7H,5,8-14H2,1H3. The molecule has 0 aromatic heterocycles. The third kappa shape index (κ3) is 5.56. The van der Waals surface area contributed by atoms with Crippen LogP contribution in [0.25, 0.3) is 0 Å². The minimum atomic E-state index is -0.0177. The Kier molecular flexibility index (Phi) is 6.87. The molecule has 126 valence electrons. The first kappa shape index (κ1) is 17.3. The van der Waals surface area contributed by atoms with Crippen molar-refractivity contribution in [2.24, 2.45) is 0 Å². The van der Waals surface area contributed by atoms with E-state index in [0.29, 0.717) is 45.6 Å². The predicted molar refractivity (Wildman–Crippen MR) is 86.2 cm³/mol. The van der Waals surface area contributed by atoms with Crippen molar-refractivity contribution in [3.63, 3.8) is 0 Å². The lowest BCUT2D eigenvalue weighted by molar-refractivity contribution is -0.141. The molecule has 2 amide bonds. The summed E-state index contributed by atoms with van der Waals surface area (Å²) in [6, 6.07) is 9.58. The van der Waals surface area contributed by atoms with Crippen LogP contribution in [0.5, 0.6) is 5.75 Å². The average Bonchev–Trinajstić information content (AvgIpc) is 2.60. The van der Waals surface area contributed by atoms with Gasteiger partial charge in [-0.25, -0.2) is 0 Å². The number of carbonyl (C=O) groups is 2. The molecule has 2 rings (SSSR count). The topological polar surface area (TPSA) is 59.1 Å². The van der Waals surface area contributed by atoms with Crippen LogP contribution < -0.4 is 4.74 Å². The average molecular weight is 320 g/mol. The highest BCUT2D eigenvalue weighted by atomic mass is 16.5. The van der Waals surface area contributed by atoms with Crippen LogP contribution >= 0.6 is 0 Å². The molecule has 1 aliphatic rings. The fourth-order valence-corrected chi connectivity index (χ4v) is 2.51. The summed E-state index contributed by atoms with van der Waals surface area (Å²) in [4.78, 5) is 27.4. The molecule has 23 heavy (non-hydrogen) atoms. The maximum atomic E-state index is 12.2. The van der Waals surface area contributed by atoms with Crippen molar-refractivity contribution >= 4 is 11.8 Å².